The number of carbonyl (C=O) groups is 4. The molecule has 0 saturated carbocycles. The number of nitrogens with zero attached hydrogens (tertiary/aromatic N) is 7. The predicted molar refractivity (Wildman–Crippen MR) is 211 cm³/mol. The smallest absolute Gasteiger partial charge is 0.329 e. The summed E-state index contributed by atoms with van der Waals surface area (Å²) in [6, 6.07) is 16.4. The maximum atomic E-state index is 13.2. The number of carbonyl (C=O) groups excluding carboxylic acids is 4. The van der Waals surface area contributed by atoms with Crippen LogP contribution in [-0.4, -0.2) is 70.3 Å². The van der Waals surface area contributed by atoms with Crippen molar-refractivity contribution in [3.05, 3.63) is 106 Å². The van der Waals surface area contributed by atoms with Crippen molar-refractivity contribution in [2.45, 2.75) is 58.7 Å². The number of aryl methyl sites for hydroxylation is 2. The van der Waals surface area contributed by atoms with E-state index in [1.807, 2.05) is 59.6 Å². The van der Waals surface area contributed by atoms with E-state index in [4.69, 9.17) is 9.97 Å². The molecule has 2 N–H and O–H groups in total. The van der Waals surface area contributed by atoms with Gasteiger partial charge in [-0.3, -0.25) is 43.6 Å². The second-order valence-electron chi connectivity index (χ2n) is 14.1. The number of imide groups is 1. The number of imidazole rings is 2. The van der Waals surface area contributed by atoms with E-state index in [1.165, 1.54) is 9.13 Å². The van der Waals surface area contributed by atoms with Crippen LogP contribution >= 0.6 is 0 Å². The van der Waals surface area contributed by atoms with E-state index in [2.05, 4.69) is 33.2 Å². The molecule has 14 nitrogen and oxygen atoms in total. The summed E-state index contributed by atoms with van der Waals surface area (Å²) in [6.07, 6.45) is 9.07. The Morgan fingerprint density at radius 3 is 2.62 bits per heavy atom. The molecule has 0 spiro atoms. The summed E-state index contributed by atoms with van der Waals surface area (Å²) in [5.74, 6) is -0.0489. The summed E-state index contributed by atoms with van der Waals surface area (Å²) in [7, 11) is 1.66. The minimum atomic E-state index is -0.755. The molecule has 0 radical (unpaired) electrons. The minimum Gasteiger partial charge on any atom is -0.350 e. The van der Waals surface area contributed by atoms with Crippen molar-refractivity contribution in [1.29, 1.82) is 0 Å². The molecule has 1 unspecified atom stereocenters. The first kappa shape index (κ1) is 36.3. The number of nitrogens with one attached hydrogen (secondary N) is 2. The molecule has 1 saturated heterocycles. The third-order valence-corrected chi connectivity index (χ3v) is 10.7. The van der Waals surface area contributed by atoms with E-state index >= 15 is 0 Å². The van der Waals surface area contributed by atoms with Crippen LogP contribution in [0.5, 0.6) is 0 Å². The van der Waals surface area contributed by atoms with Crippen molar-refractivity contribution >= 4 is 51.5 Å². The quantitative estimate of drug-likeness (QED) is 0.160. The van der Waals surface area contributed by atoms with Crippen LogP contribution in [0.25, 0.3) is 50.4 Å². The Kier molecular flexibility index (Phi) is 9.62. The summed E-state index contributed by atoms with van der Waals surface area (Å²) in [6.45, 7) is 5.99. The fourth-order valence-corrected chi connectivity index (χ4v) is 7.82. The van der Waals surface area contributed by atoms with Crippen LogP contribution in [0.4, 0.5) is 0 Å². The second kappa shape index (κ2) is 14.9. The molecule has 6 aromatic rings. The third-order valence-electron chi connectivity index (χ3n) is 10.7. The van der Waals surface area contributed by atoms with Crippen molar-refractivity contribution in [3.8, 4) is 22.5 Å². The lowest BCUT2D eigenvalue weighted by molar-refractivity contribution is -0.135. The maximum absolute atomic E-state index is 13.2. The highest BCUT2D eigenvalue weighted by Crippen LogP contribution is 2.34. The number of fused-ring (bicyclic) bond motifs is 3. The third kappa shape index (κ3) is 6.56. The van der Waals surface area contributed by atoms with Crippen molar-refractivity contribution in [2.75, 3.05) is 13.1 Å². The number of piperidine rings is 1. The summed E-state index contributed by atoms with van der Waals surface area (Å²) < 4.78 is 5.22. The highest BCUT2D eigenvalue weighted by atomic mass is 16.2. The second-order valence-corrected chi connectivity index (χ2v) is 14.1. The molecule has 2 aliphatic rings. The van der Waals surface area contributed by atoms with Crippen LogP contribution in [0, 0.1) is 0 Å². The predicted octanol–water partition coefficient (Wildman–Crippen LogP) is 4.55. The lowest BCUT2D eigenvalue weighted by Crippen LogP contribution is -2.44. The summed E-state index contributed by atoms with van der Waals surface area (Å²) >= 11 is 0. The topological polar surface area (TPSA) is 166 Å². The fraction of sp³-hybridized carbons (Fsp3) is 0.286. The van der Waals surface area contributed by atoms with Gasteiger partial charge in [0.15, 0.2) is 0 Å². The van der Waals surface area contributed by atoms with Gasteiger partial charge in [-0.1, -0.05) is 49.4 Å². The molecule has 4 aromatic heterocycles. The molecule has 56 heavy (non-hydrogen) atoms. The average Bonchev–Trinajstić information content (AvgIpc) is 3.70. The van der Waals surface area contributed by atoms with Gasteiger partial charge in [-0.05, 0) is 42.5 Å². The van der Waals surface area contributed by atoms with Crippen molar-refractivity contribution < 1.29 is 19.2 Å². The zero-order valence-corrected chi connectivity index (χ0v) is 31.4. The zero-order valence-electron chi connectivity index (χ0n) is 31.4. The van der Waals surface area contributed by atoms with E-state index in [1.54, 1.807) is 32.3 Å². The van der Waals surface area contributed by atoms with Crippen molar-refractivity contribution in [1.82, 2.24) is 44.2 Å². The van der Waals surface area contributed by atoms with Crippen LogP contribution in [0.15, 0.2) is 77.9 Å². The summed E-state index contributed by atoms with van der Waals surface area (Å²) in [4.78, 5) is 78.8. The first-order chi connectivity index (χ1) is 27.1. The Morgan fingerprint density at radius 2 is 1.86 bits per heavy atom. The van der Waals surface area contributed by atoms with E-state index in [0.717, 1.165) is 63.3 Å². The molecule has 8 rings (SSSR count). The van der Waals surface area contributed by atoms with Gasteiger partial charge in [-0.15, -0.1) is 0 Å². The molecule has 4 amide bonds. The lowest BCUT2D eigenvalue weighted by atomic mass is 10.0. The molecule has 0 bridgehead atoms. The molecule has 6 heterocycles. The van der Waals surface area contributed by atoms with E-state index in [-0.39, 0.29) is 41.9 Å². The maximum Gasteiger partial charge on any atom is 0.329 e. The molecular formula is C42H41N9O5. The first-order valence-electron chi connectivity index (χ1n) is 18.8. The summed E-state index contributed by atoms with van der Waals surface area (Å²) in [5.41, 5.74) is 6.44. The van der Waals surface area contributed by atoms with E-state index in [0.29, 0.717) is 37.1 Å². The van der Waals surface area contributed by atoms with Gasteiger partial charge in [0.05, 0.1) is 34.7 Å². The van der Waals surface area contributed by atoms with Crippen molar-refractivity contribution in [3.63, 3.8) is 0 Å². The Labute approximate surface area is 321 Å². The van der Waals surface area contributed by atoms with Gasteiger partial charge in [-0.2, -0.15) is 0 Å². The standard InChI is InChI=1S/C42H41N9O5/c1-4-36-46-38(35-24-49(25(2)52)19-20-50(35)36)29-12-7-11-27-21-32(45-23-30(27)29)28-14-15-31(44-22-28)40(54)43-18-6-5-9-26-10-8-13-33-39(26)48(3)42(56)51(33)34-16-17-37(53)47-41(34)55/h5,7-15,21-23,34H,4,6,16-20,24H2,1-3H3,(H,43,54)(H,47,53,55)/b9-5+. The van der Waals surface area contributed by atoms with Gasteiger partial charge < -0.3 is 14.8 Å². The molecular weight excluding hydrogens is 711 g/mol. The molecule has 2 aliphatic heterocycles. The number of pyridine rings is 2. The normalized spacial score (nSPS) is 15.8. The number of hydrogen-bond donors (Lipinski definition) is 2. The molecule has 14 heteroatoms. The Balaban J connectivity index is 0.929. The molecule has 1 atom stereocenters. The van der Waals surface area contributed by atoms with Gasteiger partial charge >= 0.3 is 5.69 Å². The fourth-order valence-electron chi connectivity index (χ4n) is 7.82. The Bertz CT molecular complexity index is 2650. The number of benzene rings is 2. The number of rotatable bonds is 9. The average molecular weight is 752 g/mol. The molecule has 0 aliphatic carbocycles. The number of para-hydroxylation sites is 1. The monoisotopic (exact) mass is 751 g/mol. The zero-order chi connectivity index (χ0) is 39.1. The molecule has 1 fully saturated rings. The van der Waals surface area contributed by atoms with Gasteiger partial charge in [0.25, 0.3) is 5.91 Å². The molecule has 2 aromatic carbocycles. The largest absolute Gasteiger partial charge is 0.350 e. The van der Waals surface area contributed by atoms with Crippen molar-refractivity contribution in [2.24, 2.45) is 7.05 Å². The van der Waals surface area contributed by atoms with Gasteiger partial charge in [0, 0.05) is 80.9 Å². The lowest BCUT2D eigenvalue weighted by Gasteiger charge is -2.28. The SMILES string of the molecule is CCc1nc(-c2cccc3cc(-c4ccc(C(=O)NCC/C=C/c5cccc6c5n(C)c(=O)n6C5CCC(=O)NC5=O)nc4)ncc23)c2n1CCN(C(C)=O)C2. The minimum absolute atomic E-state index is 0.0548. The van der Waals surface area contributed by atoms with E-state index < -0.39 is 11.9 Å². The van der Waals surface area contributed by atoms with Crippen LogP contribution in [0.3, 0.4) is 0 Å². The first-order valence-corrected chi connectivity index (χ1v) is 18.8. The Morgan fingerprint density at radius 1 is 1.02 bits per heavy atom. The number of amides is 4. The van der Waals surface area contributed by atoms with Crippen LogP contribution in [-0.2, 0) is 40.9 Å². The highest BCUT2D eigenvalue weighted by Gasteiger charge is 2.31. The number of aromatic nitrogens is 6. The van der Waals surface area contributed by atoms with Crippen LogP contribution in [0.1, 0.15) is 66.7 Å². The van der Waals surface area contributed by atoms with E-state index in [9.17, 15) is 24.0 Å². The Hall–Kier alpha value is -6.70. The van der Waals surface area contributed by atoms with Gasteiger partial charge in [0.1, 0.15) is 17.6 Å². The molecule has 284 valence electrons. The highest BCUT2D eigenvalue weighted by molar-refractivity contribution is 6.00. The summed E-state index contributed by atoms with van der Waals surface area (Å²) in [5, 5.41) is 7.20. The number of hydrogen-bond acceptors (Lipinski definition) is 8. The van der Waals surface area contributed by atoms with Gasteiger partial charge in [0.2, 0.25) is 17.7 Å². The van der Waals surface area contributed by atoms with Crippen LogP contribution in [0.2, 0.25) is 0 Å². The van der Waals surface area contributed by atoms with Gasteiger partial charge in [-0.25, -0.2) is 9.78 Å². The van der Waals surface area contributed by atoms with Crippen LogP contribution < -0.4 is 16.3 Å².